The molecule has 0 aliphatic carbocycles. The van der Waals surface area contributed by atoms with Crippen LogP contribution in [0.2, 0.25) is 0 Å². The number of phenolic OH excluding ortho intramolecular Hbond substituents is 1. The molecule has 0 bridgehead atoms. The maximum Gasteiger partial charge on any atom is 0.338 e. The maximum atomic E-state index is 13.3. The minimum atomic E-state index is -1.01. The normalized spacial score (nSPS) is 16.8. The van der Waals surface area contributed by atoms with Crippen molar-refractivity contribution in [2.45, 2.75) is 19.9 Å². The quantitative estimate of drug-likeness (QED) is 0.228. The van der Waals surface area contributed by atoms with Gasteiger partial charge in [0, 0.05) is 11.3 Å². The third kappa shape index (κ3) is 4.40. The van der Waals surface area contributed by atoms with Crippen LogP contribution in [0.25, 0.3) is 5.76 Å². The highest BCUT2D eigenvalue weighted by Crippen LogP contribution is 2.43. The average molecular weight is 488 g/mol. The SMILES string of the molecule is CCOC(=O)c1cccc(N2C(=O)C(=O)/C(=C(/O)c3ccc(OC)c(C)c3)C2c2ccc(O)cc2)c1. The predicted molar refractivity (Wildman–Crippen MR) is 133 cm³/mol. The molecule has 0 saturated carbocycles. The van der Waals surface area contributed by atoms with Gasteiger partial charge in [-0.3, -0.25) is 14.5 Å². The Labute approximate surface area is 208 Å². The maximum absolute atomic E-state index is 13.3. The number of carbonyl (C=O) groups excluding carboxylic acids is 3. The molecule has 4 rings (SSSR count). The van der Waals surface area contributed by atoms with Crippen molar-refractivity contribution in [3.63, 3.8) is 0 Å². The molecule has 0 radical (unpaired) electrons. The molecule has 8 nitrogen and oxygen atoms in total. The Hall–Kier alpha value is -4.59. The summed E-state index contributed by atoms with van der Waals surface area (Å²) < 4.78 is 10.3. The van der Waals surface area contributed by atoms with E-state index in [4.69, 9.17) is 9.47 Å². The monoisotopic (exact) mass is 487 g/mol. The van der Waals surface area contributed by atoms with Gasteiger partial charge in [-0.05, 0) is 73.5 Å². The summed E-state index contributed by atoms with van der Waals surface area (Å²) in [5.41, 5.74) is 1.95. The summed E-state index contributed by atoms with van der Waals surface area (Å²) in [6.45, 7) is 3.67. The predicted octanol–water partition coefficient (Wildman–Crippen LogP) is 4.51. The van der Waals surface area contributed by atoms with Gasteiger partial charge in [-0.15, -0.1) is 0 Å². The molecule has 0 aromatic heterocycles. The van der Waals surface area contributed by atoms with Crippen LogP contribution in [0.15, 0.2) is 72.3 Å². The molecule has 1 fully saturated rings. The number of nitrogens with zero attached hydrogens (tertiary/aromatic N) is 1. The number of hydrogen-bond donors (Lipinski definition) is 2. The van der Waals surface area contributed by atoms with Gasteiger partial charge in [0.1, 0.15) is 17.3 Å². The van der Waals surface area contributed by atoms with E-state index in [-0.39, 0.29) is 34.9 Å². The van der Waals surface area contributed by atoms with Crippen LogP contribution in [0.4, 0.5) is 5.69 Å². The zero-order valence-corrected chi connectivity index (χ0v) is 20.0. The third-order valence-electron chi connectivity index (χ3n) is 5.96. The van der Waals surface area contributed by atoms with Crippen molar-refractivity contribution in [3.8, 4) is 11.5 Å². The lowest BCUT2D eigenvalue weighted by molar-refractivity contribution is -0.132. The molecule has 1 aliphatic rings. The molecule has 8 heteroatoms. The van der Waals surface area contributed by atoms with Crippen LogP contribution in [0.1, 0.15) is 40.0 Å². The van der Waals surface area contributed by atoms with Crippen molar-refractivity contribution in [2.24, 2.45) is 0 Å². The van der Waals surface area contributed by atoms with E-state index < -0.39 is 23.7 Å². The number of rotatable bonds is 6. The average Bonchev–Trinajstić information content (AvgIpc) is 3.14. The fourth-order valence-corrected chi connectivity index (χ4v) is 4.25. The summed E-state index contributed by atoms with van der Waals surface area (Å²) >= 11 is 0. The smallest absolute Gasteiger partial charge is 0.338 e. The van der Waals surface area contributed by atoms with Gasteiger partial charge in [-0.2, -0.15) is 0 Å². The van der Waals surface area contributed by atoms with Gasteiger partial charge in [0.2, 0.25) is 0 Å². The first-order valence-corrected chi connectivity index (χ1v) is 11.3. The number of aromatic hydroxyl groups is 1. The van der Waals surface area contributed by atoms with Crippen LogP contribution in [-0.2, 0) is 14.3 Å². The first kappa shape index (κ1) is 24.5. The molecule has 0 spiro atoms. The molecule has 3 aromatic carbocycles. The van der Waals surface area contributed by atoms with Crippen LogP contribution < -0.4 is 9.64 Å². The van der Waals surface area contributed by atoms with E-state index in [1.165, 1.54) is 30.2 Å². The summed E-state index contributed by atoms with van der Waals surface area (Å²) in [6.07, 6.45) is 0. The van der Waals surface area contributed by atoms with Crippen LogP contribution in [-0.4, -0.2) is 41.6 Å². The van der Waals surface area contributed by atoms with Gasteiger partial charge in [-0.25, -0.2) is 4.79 Å². The van der Waals surface area contributed by atoms with E-state index in [1.54, 1.807) is 62.4 Å². The van der Waals surface area contributed by atoms with E-state index in [1.807, 2.05) is 0 Å². The lowest BCUT2D eigenvalue weighted by Gasteiger charge is -2.26. The molecule has 1 atom stereocenters. The zero-order chi connectivity index (χ0) is 26.0. The fourth-order valence-electron chi connectivity index (χ4n) is 4.25. The van der Waals surface area contributed by atoms with Crippen molar-refractivity contribution < 1.29 is 34.1 Å². The molecular formula is C28H25NO7. The van der Waals surface area contributed by atoms with Crippen LogP contribution in [0.3, 0.4) is 0 Å². The van der Waals surface area contributed by atoms with Gasteiger partial charge in [0.05, 0.1) is 30.9 Å². The number of benzene rings is 3. The second kappa shape index (κ2) is 9.95. The number of ether oxygens (including phenoxy) is 2. The number of phenols is 1. The van der Waals surface area contributed by atoms with Crippen LogP contribution >= 0.6 is 0 Å². The van der Waals surface area contributed by atoms with Crippen molar-refractivity contribution in [2.75, 3.05) is 18.6 Å². The number of methoxy groups -OCH3 is 1. The third-order valence-corrected chi connectivity index (χ3v) is 5.96. The number of esters is 1. The number of aryl methyl sites for hydroxylation is 1. The molecular weight excluding hydrogens is 462 g/mol. The minimum Gasteiger partial charge on any atom is -0.508 e. The Morgan fingerprint density at radius 1 is 1.00 bits per heavy atom. The lowest BCUT2D eigenvalue weighted by Crippen LogP contribution is -2.29. The van der Waals surface area contributed by atoms with E-state index >= 15 is 0 Å². The summed E-state index contributed by atoms with van der Waals surface area (Å²) in [5, 5.41) is 21.1. The molecule has 184 valence electrons. The van der Waals surface area contributed by atoms with E-state index in [9.17, 15) is 24.6 Å². The summed E-state index contributed by atoms with van der Waals surface area (Å²) in [7, 11) is 1.53. The molecule has 1 aliphatic heterocycles. The van der Waals surface area contributed by atoms with Gasteiger partial charge >= 0.3 is 5.97 Å². The van der Waals surface area contributed by atoms with Crippen LogP contribution in [0.5, 0.6) is 11.5 Å². The van der Waals surface area contributed by atoms with Gasteiger partial charge in [0.25, 0.3) is 11.7 Å². The van der Waals surface area contributed by atoms with Crippen molar-refractivity contribution in [3.05, 3.63) is 94.6 Å². The fraction of sp³-hybridized carbons (Fsp3) is 0.179. The van der Waals surface area contributed by atoms with E-state index in [0.717, 1.165) is 5.56 Å². The first-order chi connectivity index (χ1) is 17.3. The molecule has 3 aromatic rings. The highest BCUT2D eigenvalue weighted by molar-refractivity contribution is 6.51. The minimum absolute atomic E-state index is 0.00536. The Kier molecular flexibility index (Phi) is 6.78. The van der Waals surface area contributed by atoms with Crippen molar-refractivity contribution >= 4 is 29.1 Å². The number of aliphatic hydroxyl groups is 1. The molecule has 1 unspecified atom stereocenters. The standard InChI is InChI=1S/C28H25NO7/c1-4-36-28(34)19-6-5-7-20(15-19)29-24(17-8-11-21(30)12-9-17)23(26(32)27(29)33)25(31)18-10-13-22(35-3)16(2)14-18/h5-15,24,30-31H,4H2,1-3H3/b25-23+. The highest BCUT2D eigenvalue weighted by atomic mass is 16.5. The Bertz CT molecular complexity index is 1370. The Morgan fingerprint density at radius 3 is 2.36 bits per heavy atom. The summed E-state index contributed by atoms with van der Waals surface area (Å²) in [5.74, 6) is -2.03. The van der Waals surface area contributed by atoms with E-state index in [2.05, 4.69) is 0 Å². The number of anilines is 1. The molecule has 1 saturated heterocycles. The second-order valence-electron chi connectivity index (χ2n) is 8.22. The highest BCUT2D eigenvalue weighted by Gasteiger charge is 2.47. The second-order valence-corrected chi connectivity index (χ2v) is 8.22. The number of Topliss-reactive ketones (excluding diaryl/α,β-unsaturated/α-hetero) is 1. The molecule has 1 amide bonds. The van der Waals surface area contributed by atoms with Crippen LogP contribution in [0, 0.1) is 6.92 Å². The zero-order valence-electron chi connectivity index (χ0n) is 20.0. The lowest BCUT2D eigenvalue weighted by atomic mass is 9.94. The van der Waals surface area contributed by atoms with Gasteiger partial charge < -0.3 is 19.7 Å². The molecule has 36 heavy (non-hydrogen) atoms. The van der Waals surface area contributed by atoms with E-state index in [0.29, 0.717) is 16.9 Å². The summed E-state index contributed by atoms with van der Waals surface area (Å²) in [6, 6.07) is 16.1. The van der Waals surface area contributed by atoms with Gasteiger partial charge in [0.15, 0.2) is 0 Å². The number of hydrogen-bond acceptors (Lipinski definition) is 7. The first-order valence-electron chi connectivity index (χ1n) is 11.3. The number of ketones is 1. The van der Waals surface area contributed by atoms with Gasteiger partial charge in [-0.1, -0.05) is 18.2 Å². The largest absolute Gasteiger partial charge is 0.508 e. The van der Waals surface area contributed by atoms with Crippen molar-refractivity contribution in [1.82, 2.24) is 0 Å². The Balaban J connectivity index is 1.91. The Morgan fingerprint density at radius 2 is 1.72 bits per heavy atom. The summed E-state index contributed by atoms with van der Waals surface area (Å²) in [4.78, 5) is 40.2. The number of amides is 1. The number of aliphatic hydroxyl groups excluding tert-OH is 1. The number of carbonyl (C=O) groups is 3. The van der Waals surface area contributed by atoms with Crippen molar-refractivity contribution in [1.29, 1.82) is 0 Å². The topological polar surface area (TPSA) is 113 Å². The molecule has 2 N–H and O–H groups in total. The molecule has 1 heterocycles.